The molecule has 146 valence electrons. The van der Waals surface area contributed by atoms with Gasteiger partial charge in [0.1, 0.15) is 11.9 Å². The molecular formula is C22H18ClFN4O. The Morgan fingerprint density at radius 3 is 2.76 bits per heavy atom. The van der Waals surface area contributed by atoms with Crippen LogP contribution in [-0.2, 0) is 4.79 Å². The highest BCUT2D eigenvalue weighted by Crippen LogP contribution is 2.34. The molecule has 2 aromatic carbocycles. The summed E-state index contributed by atoms with van der Waals surface area (Å²) in [5, 5.41) is 13.8. The third-order valence-electron chi connectivity index (χ3n) is 5.20. The summed E-state index contributed by atoms with van der Waals surface area (Å²) in [6, 6.07) is 13.5. The fourth-order valence-corrected chi connectivity index (χ4v) is 3.92. The zero-order valence-corrected chi connectivity index (χ0v) is 16.3. The Kier molecular flexibility index (Phi) is 5.32. The first-order valence-corrected chi connectivity index (χ1v) is 9.72. The second-order valence-corrected chi connectivity index (χ2v) is 7.49. The van der Waals surface area contributed by atoms with Crippen LogP contribution in [0.25, 0.3) is 10.9 Å². The normalized spacial score (nSPS) is 14.6. The molecule has 1 saturated heterocycles. The minimum absolute atomic E-state index is 0.113. The van der Waals surface area contributed by atoms with E-state index in [1.807, 2.05) is 12.1 Å². The summed E-state index contributed by atoms with van der Waals surface area (Å²) in [4.78, 5) is 19.0. The number of nitriles is 1. The van der Waals surface area contributed by atoms with Crippen molar-refractivity contribution >= 4 is 39.8 Å². The molecule has 1 N–H and O–H groups in total. The number of carbonyl (C=O) groups is 1. The molecule has 0 bridgehead atoms. The van der Waals surface area contributed by atoms with Gasteiger partial charge in [-0.3, -0.25) is 9.78 Å². The van der Waals surface area contributed by atoms with Crippen molar-refractivity contribution in [3.05, 3.63) is 65.1 Å². The summed E-state index contributed by atoms with van der Waals surface area (Å²) in [6.45, 7) is 1.25. The number of pyridine rings is 1. The van der Waals surface area contributed by atoms with Crippen molar-refractivity contribution in [1.82, 2.24) is 4.98 Å². The topological polar surface area (TPSA) is 69.0 Å². The number of hydrogen-bond acceptors (Lipinski definition) is 4. The summed E-state index contributed by atoms with van der Waals surface area (Å²) in [7, 11) is 0. The SMILES string of the molecule is N#Cc1cnc2ccc(Cl)cc2c1N1CCC(C(=O)Nc2cccc(F)c2)CC1. The number of carbonyl (C=O) groups excluding carboxylic acids is 1. The molecule has 7 heteroatoms. The third-order valence-corrected chi connectivity index (χ3v) is 5.43. The Morgan fingerprint density at radius 2 is 2.03 bits per heavy atom. The number of nitrogens with zero attached hydrogens (tertiary/aromatic N) is 3. The van der Waals surface area contributed by atoms with Crippen LogP contribution < -0.4 is 10.2 Å². The van der Waals surface area contributed by atoms with Crippen molar-refractivity contribution in [2.75, 3.05) is 23.3 Å². The molecule has 4 rings (SSSR count). The number of fused-ring (bicyclic) bond motifs is 1. The number of nitrogens with one attached hydrogen (secondary N) is 1. The molecule has 0 saturated carbocycles. The lowest BCUT2D eigenvalue weighted by molar-refractivity contribution is -0.120. The lowest BCUT2D eigenvalue weighted by Gasteiger charge is -2.34. The van der Waals surface area contributed by atoms with Crippen LogP contribution in [0.2, 0.25) is 5.02 Å². The lowest BCUT2D eigenvalue weighted by atomic mass is 9.94. The molecule has 3 aromatic rings. The molecule has 0 spiro atoms. The zero-order valence-electron chi connectivity index (χ0n) is 15.5. The van der Waals surface area contributed by atoms with Gasteiger partial charge in [0.15, 0.2) is 0 Å². The van der Waals surface area contributed by atoms with Crippen molar-refractivity contribution in [2.24, 2.45) is 5.92 Å². The van der Waals surface area contributed by atoms with Crippen molar-refractivity contribution in [2.45, 2.75) is 12.8 Å². The van der Waals surface area contributed by atoms with E-state index in [1.165, 1.54) is 12.1 Å². The van der Waals surface area contributed by atoms with Gasteiger partial charge in [0.2, 0.25) is 5.91 Å². The maximum Gasteiger partial charge on any atom is 0.227 e. The number of anilines is 2. The van der Waals surface area contributed by atoms with Crippen LogP contribution in [0, 0.1) is 23.1 Å². The highest BCUT2D eigenvalue weighted by molar-refractivity contribution is 6.31. The van der Waals surface area contributed by atoms with E-state index < -0.39 is 0 Å². The first-order chi connectivity index (χ1) is 14.0. The first kappa shape index (κ1) is 19.2. The molecule has 5 nitrogen and oxygen atoms in total. The first-order valence-electron chi connectivity index (χ1n) is 9.35. The summed E-state index contributed by atoms with van der Waals surface area (Å²) in [5.74, 6) is -0.667. The third kappa shape index (κ3) is 4.01. The van der Waals surface area contributed by atoms with E-state index in [9.17, 15) is 14.4 Å². The van der Waals surface area contributed by atoms with Gasteiger partial charge in [-0.05, 0) is 49.2 Å². The van der Waals surface area contributed by atoms with Crippen LogP contribution in [0.15, 0.2) is 48.7 Å². The van der Waals surface area contributed by atoms with Crippen molar-refractivity contribution < 1.29 is 9.18 Å². The van der Waals surface area contributed by atoms with Gasteiger partial charge in [0.25, 0.3) is 0 Å². The number of halogens is 2. The maximum atomic E-state index is 13.3. The highest BCUT2D eigenvalue weighted by atomic mass is 35.5. The fraction of sp³-hybridized carbons (Fsp3) is 0.227. The van der Waals surface area contributed by atoms with Crippen LogP contribution in [0.4, 0.5) is 15.8 Å². The molecule has 2 heterocycles. The quantitative estimate of drug-likeness (QED) is 0.678. The Bertz CT molecular complexity index is 1120. The van der Waals surface area contributed by atoms with Crippen molar-refractivity contribution in [1.29, 1.82) is 5.26 Å². The van der Waals surface area contributed by atoms with E-state index >= 15 is 0 Å². The van der Waals surface area contributed by atoms with Crippen molar-refractivity contribution in [3.8, 4) is 6.07 Å². The second kappa shape index (κ2) is 8.06. The number of rotatable bonds is 3. The van der Waals surface area contributed by atoms with Gasteiger partial charge < -0.3 is 10.2 Å². The second-order valence-electron chi connectivity index (χ2n) is 7.05. The Labute approximate surface area is 172 Å². The predicted octanol–water partition coefficient (Wildman–Crippen LogP) is 4.75. The largest absolute Gasteiger partial charge is 0.370 e. The summed E-state index contributed by atoms with van der Waals surface area (Å²) in [5.41, 5.74) is 2.53. The van der Waals surface area contributed by atoms with E-state index in [0.717, 1.165) is 16.6 Å². The maximum absolute atomic E-state index is 13.3. The molecule has 1 amide bonds. The summed E-state index contributed by atoms with van der Waals surface area (Å²) < 4.78 is 13.3. The Hall–Kier alpha value is -3.17. The molecule has 1 aliphatic rings. The van der Waals surface area contributed by atoms with Crippen LogP contribution in [-0.4, -0.2) is 24.0 Å². The van der Waals surface area contributed by atoms with Crippen LogP contribution in [0.3, 0.4) is 0 Å². The standard InChI is InChI=1S/C22H18ClFN4O/c23-16-4-5-20-19(10-16)21(15(12-25)13-26-20)28-8-6-14(7-9-28)22(29)27-18-3-1-2-17(24)11-18/h1-5,10-11,13-14H,6-9H2,(H,27,29). The van der Waals surface area contributed by atoms with Crippen LogP contribution in [0.5, 0.6) is 0 Å². The molecule has 0 atom stereocenters. The Morgan fingerprint density at radius 1 is 1.24 bits per heavy atom. The van der Waals surface area contributed by atoms with E-state index in [4.69, 9.17) is 11.6 Å². The zero-order chi connectivity index (χ0) is 20.4. The number of piperidine rings is 1. The molecule has 0 aliphatic carbocycles. The van der Waals surface area contributed by atoms with E-state index in [2.05, 4.69) is 21.3 Å². The predicted molar refractivity (Wildman–Crippen MR) is 111 cm³/mol. The summed E-state index contributed by atoms with van der Waals surface area (Å²) in [6.07, 6.45) is 2.85. The number of amides is 1. The molecule has 1 aliphatic heterocycles. The molecule has 0 unspecified atom stereocenters. The van der Waals surface area contributed by atoms with Crippen LogP contribution >= 0.6 is 11.6 Å². The average molecular weight is 409 g/mol. The van der Waals surface area contributed by atoms with Gasteiger partial charge in [-0.25, -0.2) is 4.39 Å². The number of aromatic nitrogens is 1. The Balaban J connectivity index is 1.52. The number of hydrogen-bond donors (Lipinski definition) is 1. The molecular weight excluding hydrogens is 391 g/mol. The lowest BCUT2D eigenvalue weighted by Crippen LogP contribution is -2.38. The molecule has 29 heavy (non-hydrogen) atoms. The molecule has 0 radical (unpaired) electrons. The van der Waals surface area contributed by atoms with Crippen LogP contribution in [0.1, 0.15) is 18.4 Å². The van der Waals surface area contributed by atoms with E-state index in [-0.39, 0.29) is 17.6 Å². The van der Waals surface area contributed by atoms with Gasteiger partial charge in [-0.1, -0.05) is 17.7 Å². The van der Waals surface area contributed by atoms with Gasteiger partial charge in [-0.2, -0.15) is 5.26 Å². The van der Waals surface area contributed by atoms with Crippen molar-refractivity contribution in [3.63, 3.8) is 0 Å². The van der Waals surface area contributed by atoms with Gasteiger partial charge >= 0.3 is 0 Å². The smallest absolute Gasteiger partial charge is 0.227 e. The highest BCUT2D eigenvalue weighted by Gasteiger charge is 2.27. The monoisotopic (exact) mass is 408 g/mol. The van der Waals surface area contributed by atoms with Gasteiger partial charge in [-0.15, -0.1) is 0 Å². The van der Waals surface area contributed by atoms with E-state index in [1.54, 1.807) is 24.4 Å². The van der Waals surface area contributed by atoms with E-state index in [0.29, 0.717) is 42.2 Å². The molecule has 1 fully saturated rings. The minimum atomic E-state index is -0.384. The number of benzene rings is 2. The average Bonchev–Trinajstić information content (AvgIpc) is 2.73. The van der Waals surface area contributed by atoms with Gasteiger partial charge in [0.05, 0.1) is 16.8 Å². The fourth-order valence-electron chi connectivity index (χ4n) is 3.75. The summed E-state index contributed by atoms with van der Waals surface area (Å²) >= 11 is 6.17. The molecule has 1 aromatic heterocycles. The minimum Gasteiger partial charge on any atom is -0.370 e. The van der Waals surface area contributed by atoms with Gasteiger partial charge in [0, 0.05) is 41.3 Å².